The lowest BCUT2D eigenvalue weighted by molar-refractivity contribution is -0.384. The minimum absolute atomic E-state index is 0.0259. The van der Waals surface area contributed by atoms with Gasteiger partial charge in [-0.1, -0.05) is 24.3 Å². The van der Waals surface area contributed by atoms with Crippen molar-refractivity contribution in [2.45, 2.75) is 5.25 Å². The zero-order chi connectivity index (χ0) is 16.3. The molecule has 0 amide bonds. The van der Waals surface area contributed by atoms with E-state index in [9.17, 15) is 19.1 Å². The third kappa shape index (κ3) is 3.35. The number of nitro groups is 1. The number of aliphatic carboxylic acids is 1. The summed E-state index contributed by atoms with van der Waals surface area (Å²) in [6.07, 6.45) is 0. The number of hydrogen-bond donors (Lipinski definition) is 2. The zero-order valence-corrected chi connectivity index (χ0v) is 11.9. The fourth-order valence-electron chi connectivity index (χ4n) is 1.97. The average Bonchev–Trinajstić information content (AvgIpc) is 2.47. The molecule has 2 aromatic carbocycles. The predicted molar refractivity (Wildman–Crippen MR) is 79.7 cm³/mol. The molecular formula is C14H11NO6S. The van der Waals surface area contributed by atoms with Crippen molar-refractivity contribution < 1.29 is 23.6 Å². The molecule has 0 aliphatic rings. The zero-order valence-electron chi connectivity index (χ0n) is 11.1. The minimum Gasteiger partial charge on any atom is -0.480 e. The topological polar surface area (TPSA) is 118 Å². The molecule has 0 saturated carbocycles. The van der Waals surface area contributed by atoms with Crippen LogP contribution in [0.25, 0.3) is 11.1 Å². The molecule has 2 unspecified atom stereocenters. The van der Waals surface area contributed by atoms with Crippen molar-refractivity contribution in [3.63, 3.8) is 0 Å². The Morgan fingerprint density at radius 3 is 1.86 bits per heavy atom. The molecule has 22 heavy (non-hydrogen) atoms. The van der Waals surface area contributed by atoms with Crippen LogP contribution >= 0.6 is 0 Å². The van der Waals surface area contributed by atoms with Gasteiger partial charge in [0.15, 0.2) is 16.3 Å². The van der Waals surface area contributed by atoms with Gasteiger partial charge in [-0.25, -0.2) is 4.21 Å². The van der Waals surface area contributed by atoms with E-state index in [1.807, 2.05) is 0 Å². The molecule has 0 bridgehead atoms. The van der Waals surface area contributed by atoms with Gasteiger partial charge in [0.25, 0.3) is 5.69 Å². The fourth-order valence-corrected chi connectivity index (χ4v) is 2.53. The van der Waals surface area contributed by atoms with Crippen molar-refractivity contribution in [3.05, 3.63) is 64.2 Å². The normalized spacial score (nSPS) is 13.3. The first-order chi connectivity index (χ1) is 10.4. The van der Waals surface area contributed by atoms with Crippen LogP contribution in [0.5, 0.6) is 0 Å². The highest BCUT2D eigenvalue weighted by Gasteiger charge is 2.25. The second-order valence-electron chi connectivity index (χ2n) is 4.42. The summed E-state index contributed by atoms with van der Waals surface area (Å²) < 4.78 is 20.1. The Kier molecular flexibility index (Phi) is 4.64. The van der Waals surface area contributed by atoms with E-state index in [2.05, 4.69) is 0 Å². The lowest BCUT2D eigenvalue weighted by Gasteiger charge is -2.09. The largest absolute Gasteiger partial charge is 0.480 e. The third-order valence-corrected chi connectivity index (χ3v) is 3.93. The van der Waals surface area contributed by atoms with Crippen LogP contribution in [0, 0.1) is 10.1 Å². The molecule has 2 aromatic rings. The van der Waals surface area contributed by atoms with Crippen molar-refractivity contribution >= 4 is 22.7 Å². The standard InChI is InChI=1S/C14H11NO6S/c16-14(17)13(22(20)21)11-3-1-9(2-4-11)10-5-7-12(8-6-10)15(18)19/h1-8,13H,(H,16,17)(H,20,21). The first-order valence-electron chi connectivity index (χ1n) is 6.07. The number of carboxylic acid groups (broad SMARTS) is 1. The molecule has 7 nitrogen and oxygen atoms in total. The SMILES string of the molecule is O=C(O)C(c1ccc(-c2ccc([N+](=O)[O-])cc2)cc1)S(=O)O. The number of carboxylic acids is 1. The number of carbonyl (C=O) groups is 1. The highest BCUT2D eigenvalue weighted by molar-refractivity contribution is 7.80. The van der Waals surface area contributed by atoms with Crippen LogP contribution in [-0.4, -0.2) is 24.8 Å². The first-order valence-corrected chi connectivity index (χ1v) is 7.24. The quantitative estimate of drug-likeness (QED) is 0.496. The summed E-state index contributed by atoms with van der Waals surface area (Å²) in [6.45, 7) is 0. The second kappa shape index (κ2) is 6.46. The monoisotopic (exact) mass is 321 g/mol. The Morgan fingerprint density at radius 2 is 1.50 bits per heavy atom. The molecule has 0 aliphatic carbocycles. The minimum atomic E-state index is -2.52. The summed E-state index contributed by atoms with van der Waals surface area (Å²) in [6, 6.07) is 12.0. The second-order valence-corrected chi connectivity index (χ2v) is 5.44. The van der Waals surface area contributed by atoms with Gasteiger partial charge in [0, 0.05) is 12.1 Å². The summed E-state index contributed by atoms with van der Waals surface area (Å²) in [5.41, 5.74) is 1.61. The molecule has 2 atom stereocenters. The maximum atomic E-state index is 11.1. The summed E-state index contributed by atoms with van der Waals surface area (Å²) in [7, 11) is 0. The van der Waals surface area contributed by atoms with Gasteiger partial charge in [0.2, 0.25) is 0 Å². The first kappa shape index (κ1) is 15.8. The van der Waals surface area contributed by atoms with E-state index in [0.29, 0.717) is 11.1 Å². The summed E-state index contributed by atoms with van der Waals surface area (Å²) in [5.74, 6) is -1.39. The Balaban J connectivity index is 2.30. The molecule has 0 spiro atoms. The van der Waals surface area contributed by atoms with Crippen LogP contribution < -0.4 is 0 Å². The molecule has 114 valence electrons. The molecule has 2 N–H and O–H groups in total. The molecule has 0 heterocycles. The van der Waals surface area contributed by atoms with Gasteiger partial charge in [0.05, 0.1) is 4.92 Å². The van der Waals surface area contributed by atoms with Crippen LogP contribution in [0.3, 0.4) is 0 Å². The molecule has 8 heteroatoms. The van der Waals surface area contributed by atoms with Crippen LogP contribution in [-0.2, 0) is 15.9 Å². The van der Waals surface area contributed by atoms with Gasteiger partial charge < -0.3 is 9.66 Å². The molecular weight excluding hydrogens is 310 g/mol. The maximum Gasteiger partial charge on any atom is 0.326 e. The van der Waals surface area contributed by atoms with Crippen molar-refractivity contribution in [2.24, 2.45) is 0 Å². The van der Waals surface area contributed by atoms with E-state index < -0.39 is 27.2 Å². The fraction of sp³-hybridized carbons (Fsp3) is 0.0714. The third-order valence-electron chi connectivity index (χ3n) is 3.05. The van der Waals surface area contributed by atoms with Gasteiger partial charge in [-0.05, 0) is 28.8 Å². The van der Waals surface area contributed by atoms with Crippen LogP contribution in [0.1, 0.15) is 10.8 Å². The molecule has 0 saturated heterocycles. The lowest BCUT2D eigenvalue weighted by atomic mass is 10.0. The number of non-ortho nitro benzene ring substituents is 1. The number of nitrogens with zero attached hydrogens (tertiary/aromatic N) is 1. The van der Waals surface area contributed by atoms with Gasteiger partial charge in [0.1, 0.15) is 0 Å². The number of nitro benzene ring substituents is 1. The maximum absolute atomic E-state index is 11.1. The Morgan fingerprint density at radius 1 is 1.05 bits per heavy atom. The van der Waals surface area contributed by atoms with Crippen molar-refractivity contribution in [1.29, 1.82) is 0 Å². The van der Waals surface area contributed by atoms with Gasteiger partial charge >= 0.3 is 5.97 Å². The number of hydrogen-bond acceptors (Lipinski definition) is 4. The number of rotatable bonds is 5. The van der Waals surface area contributed by atoms with E-state index >= 15 is 0 Å². The van der Waals surface area contributed by atoms with Crippen molar-refractivity contribution in [3.8, 4) is 11.1 Å². The van der Waals surface area contributed by atoms with E-state index in [1.54, 1.807) is 24.3 Å². The number of benzene rings is 2. The Labute approximate surface area is 127 Å². The van der Waals surface area contributed by atoms with Crippen LogP contribution in [0.2, 0.25) is 0 Å². The molecule has 0 aromatic heterocycles. The van der Waals surface area contributed by atoms with Gasteiger partial charge in [-0.2, -0.15) is 0 Å². The summed E-state index contributed by atoms with van der Waals surface area (Å²) in [4.78, 5) is 21.1. The lowest BCUT2D eigenvalue weighted by Crippen LogP contribution is -2.16. The van der Waals surface area contributed by atoms with Gasteiger partial charge in [-0.3, -0.25) is 14.9 Å². The Bertz CT molecular complexity index is 712. The van der Waals surface area contributed by atoms with E-state index in [1.165, 1.54) is 24.3 Å². The highest BCUT2D eigenvalue weighted by Crippen LogP contribution is 2.26. The summed E-state index contributed by atoms with van der Waals surface area (Å²) >= 11 is -2.52. The average molecular weight is 321 g/mol. The molecule has 2 rings (SSSR count). The van der Waals surface area contributed by atoms with E-state index in [-0.39, 0.29) is 11.3 Å². The van der Waals surface area contributed by atoms with Crippen molar-refractivity contribution in [1.82, 2.24) is 0 Å². The van der Waals surface area contributed by atoms with Crippen molar-refractivity contribution in [2.75, 3.05) is 0 Å². The Hall–Kier alpha value is -2.58. The smallest absolute Gasteiger partial charge is 0.326 e. The molecule has 0 aliphatic heterocycles. The van der Waals surface area contributed by atoms with Gasteiger partial charge in [-0.15, -0.1) is 0 Å². The highest BCUT2D eigenvalue weighted by atomic mass is 32.2. The van der Waals surface area contributed by atoms with Crippen LogP contribution in [0.4, 0.5) is 5.69 Å². The molecule has 0 fully saturated rings. The predicted octanol–water partition coefficient (Wildman–Crippen LogP) is 2.61. The summed E-state index contributed by atoms with van der Waals surface area (Å²) in [5, 5.41) is 18.0. The van der Waals surface area contributed by atoms with E-state index in [0.717, 1.165) is 0 Å². The van der Waals surface area contributed by atoms with Crippen LogP contribution in [0.15, 0.2) is 48.5 Å². The molecule has 0 radical (unpaired) electrons. The van der Waals surface area contributed by atoms with E-state index in [4.69, 9.17) is 9.66 Å².